The van der Waals surface area contributed by atoms with E-state index in [0.717, 1.165) is 17.1 Å². The molecule has 0 radical (unpaired) electrons. The van der Waals surface area contributed by atoms with E-state index >= 15 is 0 Å². The molecule has 0 aliphatic rings. The Morgan fingerprint density at radius 3 is 2.47 bits per heavy atom. The lowest BCUT2D eigenvalue weighted by Crippen LogP contribution is -2.32. The van der Waals surface area contributed by atoms with Crippen molar-refractivity contribution >= 4 is 29.2 Å². The van der Waals surface area contributed by atoms with Gasteiger partial charge in [-0.2, -0.15) is 0 Å². The number of nitrogens with one attached hydrogen (secondary N) is 4. The first-order valence-electron chi connectivity index (χ1n) is 9.50. The van der Waals surface area contributed by atoms with Crippen molar-refractivity contribution in [2.75, 3.05) is 36.1 Å². The maximum absolute atomic E-state index is 12.0. The molecule has 156 valence electrons. The van der Waals surface area contributed by atoms with Crippen LogP contribution < -0.4 is 26.0 Å². The number of hydrogen-bond acceptors (Lipinski definition) is 7. The average molecular weight is 407 g/mol. The Balaban J connectivity index is 1.47. The second-order valence-corrected chi connectivity index (χ2v) is 6.57. The fourth-order valence-corrected chi connectivity index (χ4v) is 2.67. The summed E-state index contributed by atoms with van der Waals surface area (Å²) >= 11 is 0. The molecule has 30 heavy (non-hydrogen) atoms. The summed E-state index contributed by atoms with van der Waals surface area (Å²) < 4.78 is 5.10. The van der Waals surface area contributed by atoms with E-state index in [1.165, 1.54) is 0 Å². The second kappa shape index (κ2) is 10.1. The molecule has 9 nitrogen and oxygen atoms in total. The quantitative estimate of drug-likeness (QED) is 0.423. The number of nitrogens with zero attached hydrogens (tertiary/aromatic N) is 3. The number of urea groups is 1. The minimum atomic E-state index is -0.284. The Bertz CT molecular complexity index is 993. The van der Waals surface area contributed by atoms with Gasteiger partial charge in [0.25, 0.3) is 0 Å². The Kier molecular flexibility index (Phi) is 6.99. The van der Waals surface area contributed by atoms with Crippen LogP contribution in [0, 0.1) is 13.8 Å². The highest BCUT2D eigenvalue weighted by Gasteiger charge is 2.05. The van der Waals surface area contributed by atoms with Crippen molar-refractivity contribution in [3.05, 3.63) is 60.0 Å². The Morgan fingerprint density at radius 2 is 1.73 bits per heavy atom. The fraction of sp³-hybridized carbons (Fsp3) is 0.238. The number of aryl methyl sites for hydroxylation is 2. The van der Waals surface area contributed by atoms with Gasteiger partial charge < -0.3 is 26.0 Å². The van der Waals surface area contributed by atoms with Crippen LogP contribution in [-0.2, 0) is 0 Å². The van der Waals surface area contributed by atoms with Gasteiger partial charge in [-0.15, -0.1) is 0 Å². The summed E-state index contributed by atoms with van der Waals surface area (Å²) in [6.07, 6.45) is 1.74. The van der Waals surface area contributed by atoms with Gasteiger partial charge in [0.2, 0.25) is 0 Å². The maximum Gasteiger partial charge on any atom is 0.319 e. The zero-order valence-electron chi connectivity index (χ0n) is 17.2. The number of pyridine rings is 1. The van der Waals surface area contributed by atoms with Crippen LogP contribution in [0.1, 0.15) is 11.4 Å². The lowest BCUT2D eigenvalue weighted by atomic mass is 10.3. The van der Waals surface area contributed by atoms with Gasteiger partial charge in [-0.25, -0.2) is 19.7 Å². The third kappa shape index (κ3) is 6.33. The third-order valence-corrected chi connectivity index (χ3v) is 4.07. The largest absolute Gasteiger partial charge is 0.497 e. The molecule has 3 aromatic rings. The summed E-state index contributed by atoms with van der Waals surface area (Å²) in [5.41, 5.74) is 1.80. The number of rotatable bonds is 8. The van der Waals surface area contributed by atoms with Gasteiger partial charge in [0.15, 0.2) is 0 Å². The van der Waals surface area contributed by atoms with E-state index in [0.29, 0.717) is 36.2 Å². The smallest absolute Gasteiger partial charge is 0.319 e. The molecule has 2 aromatic heterocycles. The second-order valence-electron chi connectivity index (χ2n) is 6.57. The molecule has 0 saturated carbocycles. The van der Waals surface area contributed by atoms with E-state index in [9.17, 15) is 4.79 Å². The topological polar surface area (TPSA) is 113 Å². The Morgan fingerprint density at radius 1 is 0.967 bits per heavy atom. The Labute approximate surface area is 175 Å². The first kappa shape index (κ1) is 20.8. The minimum absolute atomic E-state index is 0.284. The van der Waals surface area contributed by atoms with Crippen molar-refractivity contribution in [3.63, 3.8) is 0 Å². The lowest BCUT2D eigenvalue weighted by Gasteiger charge is -2.11. The predicted octanol–water partition coefficient (Wildman–Crippen LogP) is 3.47. The maximum atomic E-state index is 12.0. The van der Waals surface area contributed by atoms with E-state index in [2.05, 4.69) is 36.2 Å². The van der Waals surface area contributed by atoms with Gasteiger partial charge in [-0.3, -0.25) is 0 Å². The van der Waals surface area contributed by atoms with Crippen LogP contribution in [0.25, 0.3) is 0 Å². The molecular weight excluding hydrogens is 382 g/mol. The molecule has 0 unspecified atom stereocenters. The van der Waals surface area contributed by atoms with Gasteiger partial charge in [0.05, 0.1) is 7.11 Å². The van der Waals surface area contributed by atoms with Gasteiger partial charge in [0, 0.05) is 31.0 Å². The summed E-state index contributed by atoms with van der Waals surface area (Å²) in [6, 6.07) is 12.5. The summed E-state index contributed by atoms with van der Waals surface area (Å²) in [5.74, 6) is 3.39. The van der Waals surface area contributed by atoms with Gasteiger partial charge in [-0.05, 0) is 55.8 Å². The van der Waals surface area contributed by atoms with Crippen LogP contribution in [-0.4, -0.2) is 41.2 Å². The summed E-state index contributed by atoms with van der Waals surface area (Å²) in [7, 11) is 1.60. The van der Waals surface area contributed by atoms with Crippen LogP contribution in [0.2, 0.25) is 0 Å². The molecule has 0 bridgehead atoms. The van der Waals surface area contributed by atoms with Crippen molar-refractivity contribution in [2.24, 2.45) is 0 Å². The highest BCUT2D eigenvalue weighted by Crippen LogP contribution is 2.17. The van der Waals surface area contributed by atoms with Gasteiger partial charge in [0.1, 0.15) is 29.0 Å². The molecule has 1 aromatic carbocycles. The normalized spacial score (nSPS) is 10.2. The van der Waals surface area contributed by atoms with Crippen LogP contribution in [0.15, 0.2) is 48.7 Å². The number of methoxy groups -OCH3 is 1. The van der Waals surface area contributed by atoms with E-state index in [4.69, 9.17) is 4.74 Å². The van der Waals surface area contributed by atoms with Crippen molar-refractivity contribution < 1.29 is 9.53 Å². The summed E-state index contributed by atoms with van der Waals surface area (Å²) in [4.78, 5) is 25.0. The van der Waals surface area contributed by atoms with E-state index in [1.807, 2.05) is 26.0 Å². The lowest BCUT2D eigenvalue weighted by molar-refractivity contribution is 0.252. The van der Waals surface area contributed by atoms with Gasteiger partial charge in [-0.1, -0.05) is 0 Å². The molecule has 0 spiro atoms. The van der Waals surface area contributed by atoms with Crippen molar-refractivity contribution in [1.82, 2.24) is 20.3 Å². The molecule has 0 atom stereocenters. The van der Waals surface area contributed by atoms with E-state index in [-0.39, 0.29) is 6.03 Å². The van der Waals surface area contributed by atoms with Crippen molar-refractivity contribution in [2.45, 2.75) is 13.8 Å². The fourth-order valence-electron chi connectivity index (χ4n) is 2.67. The summed E-state index contributed by atoms with van der Waals surface area (Å²) in [6.45, 7) is 4.76. The standard InChI is InChI=1S/C21H25N7O2/c1-14-8-9-22-18(12-14)28-20-13-19(25-15(2)26-20)23-10-11-24-21(29)27-16-4-6-17(30-3)7-5-16/h4-9,12-13H,10-11H2,1-3H3,(H2,24,27,29)(H2,22,23,25,26,28). The van der Waals surface area contributed by atoms with Gasteiger partial charge >= 0.3 is 6.03 Å². The molecule has 9 heteroatoms. The van der Waals surface area contributed by atoms with Crippen LogP contribution in [0.3, 0.4) is 0 Å². The van der Waals surface area contributed by atoms with E-state index < -0.39 is 0 Å². The molecule has 2 heterocycles. The average Bonchev–Trinajstić information content (AvgIpc) is 2.71. The number of amides is 2. The zero-order chi connectivity index (χ0) is 21.3. The SMILES string of the molecule is COc1ccc(NC(=O)NCCNc2cc(Nc3cc(C)ccn3)nc(C)n2)cc1. The molecule has 2 amide bonds. The first-order chi connectivity index (χ1) is 14.5. The Hall–Kier alpha value is -3.88. The van der Waals surface area contributed by atoms with Crippen LogP contribution in [0.4, 0.5) is 27.9 Å². The predicted molar refractivity (Wildman–Crippen MR) is 118 cm³/mol. The third-order valence-electron chi connectivity index (χ3n) is 4.07. The number of ether oxygens (including phenoxy) is 1. The first-order valence-corrected chi connectivity index (χ1v) is 9.50. The minimum Gasteiger partial charge on any atom is -0.497 e. The molecule has 3 rings (SSSR count). The highest BCUT2D eigenvalue weighted by molar-refractivity contribution is 5.89. The molecule has 0 saturated heterocycles. The van der Waals surface area contributed by atoms with Crippen molar-refractivity contribution in [3.8, 4) is 5.75 Å². The zero-order valence-corrected chi connectivity index (χ0v) is 17.2. The van der Waals surface area contributed by atoms with Crippen molar-refractivity contribution in [1.29, 1.82) is 0 Å². The number of anilines is 4. The number of carbonyl (C=O) groups is 1. The molecule has 0 aliphatic heterocycles. The molecule has 0 aliphatic carbocycles. The number of aromatic nitrogens is 3. The summed E-state index contributed by atoms with van der Waals surface area (Å²) in [5, 5.41) is 11.9. The molecular formula is C21H25N7O2. The van der Waals surface area contributed by atoms with Crippen LogP contribution in [0.5, 0.6) is 5.75 Å². The number of benzene rings is 1. The molecule has 4 N–H and O–H groups in total. The monoisotopic (exact) mass is 407 g/mol. The molecule has 0 fully saturated rings. The van der Waals surface area contributed by atoms with Crippen LogP contribution >= 0.6 is 0 Å². The number of carbonyl (C=O) groups excluding carboxylic acids is 1. The highest BCUT2D eigenvalue weighted by atomic mass is 16.5. The number of hydrogen-bond donors (Lipinski definition) is 4. The van der Waals surface area contributed by atoms with E-state index in [1.54, 1.807) is 43.6 Å².